The summed E-state index contributed by atoms with van der Waals surface area (Å²) in [6.07, 6.45) is 0.0393. The van der Waals surface area contributed by atoms with E-state index in [1.165, 1.54) is 48.5 Å². The van der Waals surface area contributed by atoms with Crippen LogP contribution in [0.5, 0.6) is 0 Å². The van der Waals surface area contributed by atoms with E-state index in [0.29, 0.717) is 11.1 Å². The zero-order chi connectivity index (χ0) is 16.8. The lowest BCUT2D eigenvalue weighted by atomic mass is 10.1. The summed E-state index contributed by atoms with van der Waals surface area (Å²) in [6.45, 7) is 0. The van der Waals surface area contributed by atoms with E-state index in [1.54, 1.807) is 0 Å². The van der Waals surface area contributed by atoms with Crippen LogP contribution in [-0.4, -0.2) is 23.0 Å². The van der Waals surface area contributed by atoms with Crippen LogP contribution in [0.1, 0.15) is 21.5 Å². The normalized spacial score (nSPS) is 11.3. The molecule has 2 aromatic rings. The van der Waals surface area contributed by atoms with Crippen LogP contribution in [-0.2, 0) is 11.2 Å². The molecular weight excluding hydrogens is 299 g/mol. The summed E-state index contributed by atoms with van der Waals surface area (Å²) in [6, 6.07) is 12.1. The molecule has 6 heteroatoms. The van der Waals surface area contributed by atoms with Gasteiger partial charge in [0, 0.05) is 12.0 Å². The van der Waals surface area contributed by atoms with Gasteiger partial charge in [-0.05, 0) is 42.0 Å². The zero-order valence-corrected chi connectivity index (χ0v) is 12.0. The van der Waals surface area contributed by atoms with Crippen LogP contribution in [0.15, 0.2) is 48.5 Å². The first kappa shape index (κ1) is 16.2. The predicted octanol–water partition coefficient (Wildman–Crippen LogP) is 2.12. The predicted molar refractivity (Wildman–Crippen MR) is 80.2 cm³/mol. The van der Waals surface area contributed by atoms with Crippen LogP contribution in [0.3, 0.4) is 0 Å². The molecule has 0 saturated carbocycles. The van der Waals surface area contributed by atoms with Gasteiger partial charge in [-0.3, -0.25) is 4.79 Å². The molecule has 2 aromatic carbocycles. The molecule has 1 atom stereocenters. The molecule has 5 nitrogen and oxygen atoms in total. The summed E-state index contributed by atoms with van der Waals surface area (Å²) in [4.78, 5) is 23.4. The number of carbonyl (C=O) groups excluding carboxylic acids is 1. The van der Waals surface area contributed by atoms with Crippen molar-refractivity contribution in [3.8, 4) is 6.07 Å². The van der Waals surface area contributed by atoms with E-state index >= 15 is 0 Å². The summed E-state index contributed by atoms with van der Waals surface area (Å²) in [5, 5.41) is 20.4. The Hall–Kier alpha value is -3.20. The van der Waals surface area contributed by atoms with E-state index in [-0.39, 0.29) is 12.0 Å². The summed E-state index contributed by atoms with van der Waals surface area (Å²) >= 11 is 0. The first-order valence-corrected chi connectivity index (χ1v) is 6.78. The maximum atomic E-state index is 12.9. The fourth-order valence-corrected chi connectivity index (χ4v) is 1.99. The van der Waals surface area contributed by atoms with E-state index in [2.05, 4.69) is 5.32 Å². The number of aliphatic carboxylic acids is 1. The lowest BCUT2D eigenvalue weighted by Crippen LogP contribution is -2.42. The highest BCUT2D eigenvalue weighted by molar-refractivity contribution is 5.96. The van der Waals surface area contributed by atoms with Crippen molar-refractivity contribution in [2.24, 2.45) is 0 Å². The smallest absolute Gasteiger partial charge is 0.326 e. The third kappa shape index (κ3) is 4.38. The van der Waals surface area contributed by atoms with Gasteiger partial charge in [0.15, 0.2) is 0 Å². The van der Waals surface area contributed by atoms with Gasteiger partial charge < -0.3 is 10.4 Å². The highest BCUT2D eigenvalue weighted by atomic mass is 19.1. The molecule has 0 unspecified atom stereocenters. The van der Waals surface area contributed by atoms with Crippen molar-refractivity contribution in [1.82, 2.24) is 5.32 Å². The van der Waals surface area contributed by atoms with Crippen LogP contribution in [0, 0.1) is 17.1 Å². The molecule has 0 aliphatic heterocycles. The third-order valence-corrected chi connectivity index (χ3v) is 3.23. The lowest BCUT2D eigenvalue weighted by Gasteiger charge is -2.14. The fraction of sp³-hybridized carbons (Fsp3) is 0.118. The average molecular weight is 312 g/mol. The third-order valence-electron chi connectivity index (χ3n) is 3.23. The molecule has 0 heterocycles. The minimum absolute atomic E-state index is 0.0393. The summed E-state index contributed by atoms with van der Waals surface area (Å²) in [7, 11) is 0. The Labute approximate surface area is 132 Å². The molecule has 23 heavy (non-hydrogen) atoms. The van der Waals surface area contributed by atoms with E-state index < -0.39 is 23.7 Å². The molecule has 0 saturated heterocycles. The van der Waals surface area contributed by atoms with Gasteiger partial charge in [0.25, 0.3) is 5.91 Å². The van der Waals surface area contributed by atoms with Crippen LogP contribution in [0.4, 0.5) is 4.39 Å². The van der Waals surface area contributed by atoms with Crippen molar-refractivity contribution < 1.29 is 19.1 Å². The summed E-state index contributed by atoms with van der Waals surface area (Å²) in [5.41, 5.74) is 1.26. The number of nitriles is 1. The quantitative estimate of drug-likeness (QED) is 0.885. The van der Waals surface area contributed by atoms with Gasteiger partial charge in [-0.25, -0.2) is 9.18 Å². The first-order chi connectivity index (χ1) is 11.0. The van der Waals surface area contributed by atoms with Crippen LogP contribution >= 0.6 is 0 Å². The maximum absolute atomic E-state index is 12.9. The number of carboxylic acid groups (broad SMARTS) is 1. The standard InChI is InChI=1S/C17H13FN2O3/c18-14-7-3-11(4-8-14)9-15(17(22)23)20-16(21)13-5-1-12(10-19)2-6-13/h1-8,15H,9H2,(H,20,21)(H,22,23)/t15-/m1/s1. The second kappa shape index (κ2) is 7.18. The monoisotopic (exact) mass is 312 g/mol. The Balaban J connectivity index is 2.09. The Morgan fingerprint density at radius 3 is 2.26 bits per heavy atom. The first-order valence-electron chi connectivity index (χ1n) is 6.78. The number of carbonyl (C=O) groups is 2. The summed E-state index contributed by atoms with van der Waals surface area (Å²) < 4.78 is 12.9. The molecule has 2 rings (SSSR count). The Morgan fingerprint density at radius 1 is 1.13 bits per heavy atom. The van der Waals surface area contributed by atoms with Crippen molar-refractivity contribution >= 4 is 11.9 Å². The van der Waals surface area contributed by atoms with Gasteiger partial charge in [0.2, 0.25) is 0 Å². The van der Waals surface area contributed by atoms with Crippen molar-refractivity contribution in [3.05, 3.63) is 71.0 Å². The molecule has 0 bridgehead atoms. The van der Waals surface area contributed by atoms with Crippen molar-refractivity contribution in [3.63, 3.8) is 0 Å². The molecule has 1 amide bonds. The number of hydrogen-bond acceptors (Lipinski definition) is 3. The highest BCUT2D eigenvalue weighted by Crippen LogP contribution is 2.08. The second-order valence-electron chi connectivity index (χ2n) is 4.88. The summed E-state index contributed by atoms with van der Waals surface area (Å²) in [5.74, 6) is -2.15. The molecule has 0 fully saturated rings. The number of carboxylic acids is 1. The number of benzene rings is 2. The average Bonchev–Trinajstić information content (AvgIpc) is 2.56. The fourth-order valence-electron chi connectivity index (χ4n) is 1.99. The Morgan fingerprint density at radius 2 is 1.74 bits per heavy atom. The van der Waals surface area contributed by atoms with E-state index in [4.69, 9.17) is 5.26 Å². The molecule has 116 valence electrons. The molecule has 2 N–H and O–H groups in total. The molecular formula is C17H13FN2O3. The molecule has 0 aliphatic carbocycles. The zero-order valence-electron chi connectivity index (χ0n) is 12.0. The number of nitrogens with zero attached hydrogens (tertiary/aromatic N) is 1. The number of nitrogens with one attached hydrogen (secondary N) is 1. The van der Waals surface area contributed by atoms with Crippen LogP contribution in [0.2, 0.25) is 0 Å². The molecule has 0 spiro atoms. The largest absolute Gasteiger partial charge is 0.480 e. The van der Waals surface area contributed by atoms with Crippen molar-refractivity contribution in [1.29, 1.82) is 5.26 Å². The second-order valence-corrected chi connectivity index (χ2v) is 4.88. The van der Waals surface area contributed by atoms with Crippen LogP contribution in [0.25, 0.3) is 0 Å². The molecule has 0 aliphatic rings. The van der Waals surface area contributed by atoms with Crippen molar-refractivity contribution in [2.45, 2.75) is 12.5 Å². The van der Waals surface area contributed by atoms with Crippen molar-refractivity contribution in [2.75, 3.05) is 0 Å². The van der Waals surface area contributed by atoms with Gasteiger partial charge >= 0.3 is 5.97 Å². The number of halogens is 1. The molecule has 0 radical (unpaired) electrons. The van der Waals surface area contributed by atoms with Gasteiger partial charge in [-0.2, -0.15) is 5.26 Å². The van der Waals surface area contributed by atoms with E-state index in [9.17, 15) is 19.1 Å². The van der Waals surface area contributed by atoms with Gasteiger partial charge in [0.1, 0.15) is 11.9 Å². The van der Waals surface area contributed by atoms with Gasteiger partial charge in [-0.15, -0.1) is 0 Å². The number of amides is 1. The minimum Gasteiger partial charge on any atom is -0.480 e. The molecule has 0 aromatic heterocycles. The number of rotatable bonds is 5. The van der Waals surface area contributed by atoms with Crippen LogP contribution < -0.4 is 5.32 Å². The maximum Gasteiger partial charge on any atom is 0.326 e. The lowest BCUT2D eigenvalue weighted by molar-refractivity contribution is -0.139. The topological polar surface area (TPSA) is 90.2 Å². The Kier molecular flexibility index (Phi) is 5.05. The van der Waals surface area contributed by atoms with Gasteiger partial charge in [-0.1, -0.05) is 12.1 Å². The number of hydrogen-bond donors (Lipinski definition) is 2. The SMILES string of the molecule is N#Cc1ccc(C(=O)N[C@H](Cc2ccc(F)cc2)C(=O)O)cc1. The van der Waals surface area contributed by atoms with E-state index in [0.717, 1.165) is 0 Å². The Bertz CT molecular complexity index is 749. The minimum atomic E-state index is -1.18. The highest BCUT2D eigenvalue weighted by Gasteiger charge is 2.21. The van der Waals surface area contributed by atoms with E-state index in [1.807, 2.05) is 6.07 Å². The van der Waals surface area contributed by atoms with Gasteiger partial charge in [0.05, 0.1) is 11.6 Å².